The molecule has 4 atom stereocenters. The summed E-state index contributed by atoms with van der Waals surface area (Å²) < 4.78 is 31.7. The number of piperidine rings is 1. The zero-order valence-corrected chi connectivity index (χ0v) is 14.5. The highest BCUT2D eigenvalue weighted by Crippen LogP contribution is 2.29. The molecule has 1 saturated carbocycles. The van der Waals surface area contributed by atoms with Gasteiger partial charge < -0.3 is 20.8 Å². The summed E-state index contributed by atoms with van der Waals surface area (Å²) in [5.41, 5.74) is 5.94. The number of carboxylic acid groups (broad SMARTS) is 2. The molecule has 1 aliphatic heterocycles. The van der Waals surface area contributed by atoms with E-state index >= 15 is 0 Å². The summed E-state index contributed by atoms with van der Waals surface area (Å²) in [6, 6.07) is 0.277. The largest absolute Gasteiger partial charge is 0.490 e. The summed E-state index contributed by atoms with van der Waals surface area (Å²) in [5, 5.41) is 16.2. The molecule has 0 bridgehead atoms. The molecule has 2 unspecified atom stereocenters. The number of amides is 1. The van der Waals surface area contributed by atoms with E-state index in [0.717, 1.165) is 32.1 Å². The maximum atomic E-state index is 12.6. The number of likely N-dealkylation sites (tertiary alicyclic amines) is 1. The smallest absolute Gasteiger partial charge is 0.481 e. The van der Waals surface area contributed by atoms with E-state index in [1.165, 1.54) is 0 Å². The van der Waals surface area contributed by atoms with Crippen LogP contribution in [0.25, 0.3) is 0 Å². The van der Waals surface area contributed by atoms with E-state index in [9.17, 15) is 22.8 Å². The SMILES string of the molecule is CC1CCC(C(=O)O)CN1C(=O)[C@@H]1CCC[C@@H](N)C1.O=C(O)C(F)(F)F. The molecule has 1 aliphatic carbocycles. The van der Waals surface area contributed by atoms with Crippen molar-refractivity contribution in [3.63, 3.8) is 0 Å². The van der Waals surface area contributed by atoms with Crippen molar-refractivity contribution in [2.75, 3.05) is 6.54 Å². The Morgan fingerprint density at radius 3 is 2.08 bits per heavy atom. The molecule has 1 saturated heterocycles. The van der Waals surface area contributed by atoms with Gasteiger partial charge in [-0.2, -0.15) is 13.2 Å². The third-order valence-corrected chi connectivity index (χ3v) is 4.82. The van der Waals surface area contributed by atoms with Crippen LogP contribution < -0.4 is 5.73 Å². The molecule has 2 aliphatic rings. The third kappa shape index (κ3) is 6.47. The van der Waals surface area contributed by atoms with Crippen molar-refractivity contribution in [2.45, 2.75) is 63.7 Å². The second-order valence-corrected chi connectivity index (χ2v) is 6.88. The zero-order valence-electron chi connectivity index (χ0n) is 14.5. The standard InChI is InChI=1S/C14H24N2O3.C2HF3O2/c1-9-5-6-11(14(18)19)8-16(9)13(17)10-3-2-4-12(15)7-10;3-2(4,5)1(6)7/h9-12H,2-8,15H2,1H3,(H,18,19);(H,6,7)/t9?,10-,11?,12-;/m1./s1. The Kier molecular flexibility index (Phi) is 7.86. The van der Waals surface area contributed by atoms with Crippen LogP contribution in [0.15, 0.2) is 0 Å². The van der Waals surface area contributed by atoms with Gasteiger partial charge in [0, 0.05) is 24.5 Å². The van der Waals surface area contributed by atoms with E-state index in [2.05, 4.69) is 0 Å². The van der Waals surface area contributed by atoms with Crippen molar-refractivity contribution in [3.8, 4) is 0 Å². The molecule has 0 spiro atoms. The summed E-state index contributed by atoms with van der Waals surface area (Å²) in [5.74, 6) is -3.83. The van der Waals surface area contributed by atoms with E-state index in [4.69, 9.17) is 20.7 Å². The highest BCUT2D eigenvalue weighted by Gasteiger charge is 2.38. The number of nitrogens with zero attached hydrogens (tertiary/aromatic N) is 1. The van der Waals surface area contributed by atoms with Gasteiger partial charge in [-0.15, -0.1) is 0 Å². The van der Waals surface area contributed by atoms with Crippen molar-refractivity contribution < 1.29 is 37.8 Å². The van der Waals surface area contributed by atoms with E-state index < -0.39 is 24.0 Å². The normalized spacial score (nSPS) is 29.3. The van der Waals surface area contributed by atoms with Crippen LogP contribution in [0, 0.1) is 11.8 Å². The van der Waals surface area contributed by atoms with Gasteiger partial charge in [-0.1, -0.05) is 6.42 Å². The molecule has 0 aromatic carbocycles. The minimum Gasteiger partial charge on any atom is -0.481 e. The minimum atomic E-state index is -5.08. The maximum absolute atomic E-state index is 12.6. The van der Waals surface area contributed by atoms with Crippen molar-refractivity contribution >= 4 is 17.8 Å². The molecular formula is C16H25F3N2O5. The summed E-state index contributed by atoms with van der Waals surface area (Å²) in [6.45, 7) is 2.37. The van der Waals surface area contributed by atoms with Crippen molar-refractivity contribution in [3.05, 3.63) is 0 Å². The summed E-state index contributed by atoms with van der Waals surface area (Å²) in [6.07, 6.45) is 0.0124. The second kappa shape index (κ2) is 9.20. The quantitative estimate of drug-likeness (QED) is 0.670. The lowest BCUT2D eigenvalue weighted by Gasteiger charge is -2.39. The Balaban J connectivity index is 0.000000412. The second-order valence-electron chi connectivity index (χ2n) is 6.88. The van der Waals surface area contributed by atoms with Crippen LogP contribution in [0.1, 0.15) is 45.4 Å². The molecule has 26 heavy (non-hydrogen) atoms. The fourth-order valence-corrected chi connectivity index (χ4v) is 3.30. The fourth-order valence-electron chi connectivity index (χ4n) is 3.30. The number of hydrogen-bond acceptors (Lipinski definition) is 4. The van der Waals surface area contributed by atoms with Crippen LogP contribution in [0.5, 0.6) is 0 Å². The first-order valence-corrected chi connectivity index (χ1v) is 8.52. The van der Waals surface area contributed by atoms with E-state index in [0.29, 0.717) is 13.0 Å². The molecule has 1 heterocycles. The van der Waals surface area contributed by atoms with Crippen molar-refractivity contribution in [2.24, 2.45) is 17.6 Å². The van der Waals surface area contributed by atoms with Crippen molar-refractivity contribution in [1.29, 1.82) is 0 Å². The van der Waals surface area contributed by atoms with Crippen LogP contribution in [0.4, 0.5) is 13.2 Å². The molecule has 10 heteroatoms. The summed E-state index contributed by atoms with van der Waals surface area (Å²) in [7, 11) is 0. The van der Waals surface area contributed by atoms with Crippen LogP contribution in [-0.4, -0.2) is 57.8 Å². The number of carbonyl (C=O) groups excluding carboxylic acids is 1. The summed E-state index contributed by atoms with van der Waals surface area (Å²) in [4.78, 5) is 34.3. The van der Waals surface area contributed by atoms with Crippen LogP contribution in [-0.2, 0) is 14.4 Å². The first kappa shape index (κ1) is 22.2. The number of carbonyl (C=O) groups is 3. The van der Waals surface area contributed by atoms with E-state index in [1.54, 1.807) is 4.90 Å². The minimum absolute atomic E-state index is 0.00116. The summed E-state index contributed by atoms with van der Waals surface area (Å²) >= 11 is 0. The van der Waals surface area contributed by atoms with Gasteiger partial charge in [0.1, 0.15) is 0 Å². The topological polar surface area (TPSA) is 121 Å². The Morgan fingerprint density at radius 2 is 1.62 bits per heavy atom. The zero-order chi connectivity index (χ0) is 20.1. The Hall–Kier alpha value is -1.84. The van der Waals surface area contributed by atoms with Crippen LogP contribution in [0.2, 0.25) is 0 Å². The number of halogens is 3. The lowest BCUT2D eigenvalue weighted by Crippen LogP contribution is -2.50. The van der Waals surface area contributed by atoms with Crippen molar-refractivity contribution in [1.82, 2.24) is 4.90 Å². The average molecular weight is 382 g/mol. The number of aliphatic carboxylic acids is 2. The van der Waals surface area contributed by atoms with Gasteiger partial charge in [0.2, 0.25) is 5.91 Å². The molecule has 0 aromatic heterocycles. The number of hydrogen-bond donors (Lipinski definition) is 3. The highest BCUT2D eigenvalue weighted by atomic mass is 19.4. The molecule has 150 valence electrons. The van der Waals surface area contributed by atoms with Crippen LogP contribution >= 0.6 is 0 Å². The number of nitrogens with two attached hydrogens (primary N) is 1. The molecule has 2 fully saturated rings. The first-order chi connectivity index (χ1) is 11.9. The van der Waals surface area contributed by atoms with Crippen LogP contribution in [0.3, 0.4) is 0 Å². The predicted octanol–water partition coefficient (Wildman–Crippen LogP) is 1.85. The van der Waals surface area contributed by atoms with Gasteiger partial charge in [0.15, 0.2) is 0 Å². The van der Waals surface area contributed by atoms with E-state index in [-0.39, 0.29) is 23.9 Å². The predicted molar refractivity (Wildman–Crippen MR) is 85.2 cm³/mol. The molecule has 0 radical (unpaired) electrons. The van der Waals surface area contributed by atoms with Gasteiger partial charge >= 0.3 is 18.1 Å². The van der Waals surface area contributed by atoms with Gasteiger partial charge in [-0.25, -0.2) is 4.79 Å². The Bertz CT molecular complexity index is 527. The molecule has 1 amide bonds. The first-order valence-electron chi connectivity index (χ1n) is 8.52. The highest BCUT2D eigenvalue weighted by molar-refractivity contribution is 5.80. The fraction of sp³-hybridized carbons (Fsp3) is 0.812. The molecule has 4 N–H and O–H groups in total. The third-order valence-electron chi connectivity index (χ3n) is 4.82. The molecular weight excluding hydrogens is 357 g/mol. The van der Waals surface area contributed by atoms with Gasteiger partial charge in [0.25, 0.3) is 0 Å². The van der Waals surface area contributed by atoms with Gasteiger partial charge in [-0.05, 0) is 39.0 Å². The Morgan fingerprint density at radius 1 is 1.04 bits per heavy atom. The molecule has 2 rings (SSSR count). The number of rotatable bonds is 2. The van der Waals surface area contributed by atoms with E-state index in [1.807, 2.05) is 6.92 Å². The molecule has 0 aromatic rings. The molecule has 7 nitrogen and oxygen atoms in total. The average Bonchev–Trinajstić information content (AvgIpc) is 2.54. The maximum Gasteiger partial charge on any atom is 0.490 e. The Labute approximate surface area is 149 Å². The number of alkyl halides is 3. The number of carboxylic acids is 2. The lowest BCUT2D eigenvalue weighted by atomic mass is 9.83. The van der Waals surface area contributed by atoms with Gasteiger partial charge in [0.05, 0.1) is 5.92 Å². The lowest BCUT2D eigenvalue weighted by molar-refractivity contribution is -0.192. The van der Waals surface area contributed by atoms with Gasteiger partial charge in [-0.3, -0.25) is 9.59 Å². The monoisotopic (exact) mass is 382 g/mol.